The number of methoxy groups -OCH3 is 2. The van der Waals surface area contributed by atoms with Crippen LogP contribution in [0.25, 0.3) is 0 Å². The van der Waals surface area contributed by atoms with Gasteiger partial charge < -0.3 is 14.8 Å². The van der Waals surface area contributed by atoms with Gasteiger partial charge >= 0.3 is 0 Å². The van der Waals surface area contributed by atoms with Gasteiger partial charge in [-0.1, -0.05) is 38.1 Å². The van der Waals surface area contributed by atoms with E-state index in [9.17, 15) is 4.79 Å². The van der Waals surface area contributed by atoms with Crippen molar-refractivity contribution in [3.8, 4) is 11.5 Å². The first kappa shape index (κ1) is 19.8. The van der Waals surface area contributed by atoms with Crippen LogP contribution in [0.15, 0.2) is 42.5 Å². The summed E-state index contributed by atoms with van der Waals surface area (Å²) in [6.45, 7) is 7.68. The van der Waals surface area contributed by atoms with Gasteiger partial charge in [-0.2, -0.15) is 0 Å². The van der Waals surface area contributed by atoms with Gasteiger partial charge in [0.25, 0.3) is 5.91 Å². The lowest BCUT2D eigenvalue weighted by molar-refractivity contribution is 0.0950. The van der Waals surface area contributed by atoms with Gasteiger partial charge in [-0.05, 0) is 36.3 Å². The van der Waals surface area contributed by atoms with Crippen molar-refractivity contribution in [3.05, 3.63) is 59.2 Å². The van der Waals surface area contributed by atoms with Crippen molar-refractivity contribution in [1.29, 1.82) is 0 Å². The Balaban J connectivity index is 2.10. The lowest BCUT2D eigenvalue weighted by Crippen LogP contribution is -2.26. The van der Waals surface area contributed by atoms with E-state index in [1.807, 2.05) is 12.1 Å². The standard InChI is InChI=1S/C21H28N2O3/c1-5-23(6-2)15-17-10-8-7-9-16(17)14-22-21(24)18-11-19(25-3)13-20(12-18)26-4/h7-13H,5-6,14-15H2,1-4H3,(H,22,24). The van der Waals surface area contributed by atoms with Crippen LogP contribution < -0.4 is 14.8 Å². The fourth-order valence-electron chi connectivity index (χ4n) is 2.79. The molecule has 26 heavy (non-hydrogen) atoms. The maximum Gasteiger partial charge on any atom is 0.251 e. The summed E-state index contributed by atoms with van der Waals surface area (Å²) in [4.78, 5) is 14.9. The second-order valence-corrected chi connectivity index (χ2v) is 6.01. The zero-order chi connectivity index (χ0) is 18.9. The third kappa shape index (κ3) is 5.23. The lowest BCUT2D eigenvalue weighted by atomic mass is 10.1. The largest absolute Gasteiger partial charge is 0.497 e. The molecular formula is C21H28N2O3. The molecule has 0 radical (unpaired) electrons. The van der Waals surface area contributed by atoms with Crippen molar-refractivity contribution in [1.82, 2.24) is 10.2 Å². The van der Waals surface area contributed by atoms with E-state index in [0.29, 0.717) is 23.6 Å². The number of nitrogens with one attached hydrogen (secondary N) is 1. The highest BCUT2D eigenvalue weighted by Gasteiger charge is 2.11. The number of benzene rings is 2. The third-order valence-electron chi connectivity index (χ3n) is 4.46. The molecule has 5 heteroatoms. The summed E-state index contributed by atoms with van der Waals surface area (Å²) in [5, 5.41) is 3.00. The Bertz CT molecular complexity index is 705. The van der Waals surface area contributed by atoms with Gasteiger partial charge in [-0.15, -0.1) is 0 Å². The van der Waals surface area contributed by atoms with E-state index in [-0.39, 0.29) is 5.91 Å². The van der Waals surface area contributed by atoms with E-state index in [2.05, 4.69) is 36.2 Å². The first-order chi connectivity index (χ1) is 12.6. The molecule has 5 nitrogen and oxygen atoms in total. The van der Waals surface area contributed by atoms with Crippen molar-refractivity contribution in [2.45, 2.75) is 26.9 Å². The van der Waals surface area contributed by atoms with E-state index in [4.69, 9.17) is 9.47 Å². The first-order valence-electron chi connectivity index (χ1n) is 8.91. The molecule has 0 saturated heterocycles. The predicted molar refractivity (Wildman–Crippen MR) is 104 cm³/mol. The van der Waals surface area contributed by atoms with Crippen LogP contribution in [0.3, 0.4) is 0 Å². The summed E-state index contributed by atoms with van der Waals surface area (Å²) in [6.07, 6.45) is 0. The number of hydrogen-bond acceptors (Lipinski definition) is 4. The molecule has 0 aliphatic rings. The second kappa shape index (κ2) is 9.82. The van der Waals surface area contributed by atoms with Gasteiger partial charge in [0.05, 0.1) is 14.2 Å². The van der Waals surface area contributed by atoms with E-state index in [0.717, 1.165) is 25.2 Å². The minimum absolute atomic E-state index is 0.153. The van der Waals surface area contributed by atoms with Crippen molar-refractivity contribution >= 4 is 5.91 Å². The van der Waals surface area contributed by atoms with E-state index < -0.39 is 0 Å². The Labute approximate surface area is 155 Å². The number of rotatable bonds is 9. The molecule has 0 aromatic heterocycles. The number of carbonyl (C=O) groups is 1. The van der Waals surface area contributed by atoms with Crippen LogP contribution in [0.4, 0.5) is 0 Å². The van der Waals surface area contributed by atoms with Gasteiger partial charge in [0.15, 0.2) is 0 Å². The van der Waals surface area contributed by atoms with E-state index in [1.165, 1.54) is 5.56 Å². The van der Waals surface area contributed by atoms with Crippen LogP contribution in [-0.4, -0.2) is 38.1 Å². The second-order valence-electron chi connectivity index (χ2n) is 6.01. The van der Waals surface area contributed by atoms with Crippen LogP contribution in [0, 0.1) is 0 Å². The van der Waals surface area contributed by atoms with Gasteiger partial charge in [0.1, 0.15) is 11.5 Å². The molecule has 2 aromatic rings. The molecule has 0 fully saturated rings. The van der Waals surface area contributed by atoms with E-state index in [1.54, 1.807) is 32.4 Å². The number of nitrogens with zero attached hydrogens (tertiary/aromatic N) is 1. The third-order valence-corrected chi connectivity index (χ3v) is 4.46. The Morgan fingerprint density at radius 3 is 2.08 bits per heavy atom. The minimum Gasteiger partial charge on any atom is -0.497 e. The Kier molecular flexibility index (Phi) is 7.48. The zero-order valence-electron chi connectivity index (χ0n) is 16.0. The minimum atomic E-state index is -0.153. The highest BCUT2D eigenvalue weighted by atomic mass is 16.5. The summed E-state index contributed by atoms with van der Waals surface area (Å²) in [7, 11) is 3.14. The maximum absolute atomic E-state index is 12.6. The first-order valence-corrected chi connectivity index (χ1v) is 8.91. The molecule has 0 aliphatic carbocycles. The molecule has 140 valence electrons. The number of hydrogen-bond donors (Lipinski definition) is 1. The van der Waals surface area contributed by atoms with Crippen LogP contribution in [0.1, 0.15) is 35.3 Å². The van der Waals surface area contributed by atoms with Crippen LogP contribution in [0.5, 0.6) is 11.5 Å². The highest BCUT2D eigenvalue weighted by molar-refractivity contribution is 5.95. The molecule has 0 spiro atoms. The summed E-state index contributed by atoms with van der Waals surface area (Å²) >= 11 is 0. The fourth-order valence-corrected chi connectivity index (χ4v) is 2.79. The summed E-state index contributed by atoms with van der Waals surface area (Å²) in [5.74, 6) is 1.03. The number of carbonyl (C=O) groups excluding carboxylic acids is 1. The molecule has 1 amide bonds. The van der Waals surface area contributed by atoms with Crippen molar-refractivity contribution in [2.75, 3.05) is 27.3 Å². The molecule has 1 N–H and O–H groups in total. The zero-order valence-corrected chi connectivity index (χ0v) is 16.0. The van der Waals surface area contributed by atoms with Crippen molar-refractivity contribution in [3.63, 3.8) is 0 Å². The van der Waals surface area contributed by atoms with E-state index >= 15 is 0 Å². The summed E-state index contributed by atoms with van der Waals surface area (Å²) in [6, 6.07) is 13.4. The van der Waals surface area contributed by atoms with Crippen molar-refractivity contribution in [2.24, 2.45) is 0 Å². The Morgan fingerprint density at radius 2 is 1.54 bits per heavy atom. The number of ether oxygens (including phenoxy) is 2. The van der Waals surface area contributed by atoms with Crippen LogP contribution in [0.2, 0.25) is 0 Å². The average Bonchev–Trinajstić information content (AvgIpc) is 2.70. The van der Waals surface area contributed by atoms with Gasteiger partial charge in [-0.25, -0.2) is 0 Å². The smallest absolute Gasteiger partial charge is 0.251 e. The summed E-state index contributed by atoms with van der Waals surface area (Å²) in [5.41, 5.74) is 2.88. The molecule has 0 heterocycles. The molecular weight excluding hydrogens is 328 g/mol. The molecule has 0 aliphatic heterocycles. The maximum atomic E-state index is 12.6. The molecule has 0 saturated carbocycles. The molecule has 0 atom stereocenters. The normalized spacial score (nSPS) is 10.7. The molecule has 0 unspecified atom stereocenters. The van der Waals surface area contributed by atoms with Gasteiger partial charge in [0.2, 0.25) is 0 Å². The molecule has 2 rings (SSSR count). The summed E-state index contributed by atoms with van der Waals surface area (Å²) < 4.78 is 10.5. The highest BCUT2D eigenvalue weighted by Crippen LogP contribution is 2.22. The predicted octanol–water partition coefficient (Wildman–Crippen LogP) is 3.48. The number of amides is 1. The van der Waals surface area contributed by atoms with Gasteiger partial charge in [-0.3, -0.25) is 9.69 Å². The quantitative estimate of drug-likeness (QED) is 0.747. The monoisotopic (exact) mass is 356 g/mol. The van der Waals surface area contributed by atoms with Crippen LogP contribution in [-0.2, 0) is 13.1 Å². The molecule has 0 bridgehead atoms. The fraction of sp³-hybridized carbons (Fsp3) is 0.381. The Morgan fingerprint density at radius 1 is 0.962 bits per heavy atom. The average molecular weight is 356 g/mol. The Hall–Kier alpha value is -2.53. The topological polar surface area (TPSA) is 50.8 Å². The molecule has 2 aromatic carbocycles. The van der Waals surface area contributed by atoms with Gasteiger partial charge in [0, 0.05) is 24.7 Å². The van der Waals surface area contributed by atoms with Crippen molar-refractivity contribution < 1.29 is 14.3 Å². The SMILES string of the molecule is CCN(CC)Cc1ccccc1CNC(=O)c1cc(OC)cc(OC)c1. The van der Waals surface area contributed by atoms with Crippen LogP contribution >= 0.6 is 0 Å². The lowest BCUT2D eigenvalue weighted by Gasteiger charge is -2.20.